The second kappa shape index (κ2) is 6.11. The second-order valence-electron chi connectivity index (χ2n) is 5.00. The van der Waals surface area contributed by atoms with E-state index in [4.69, 9.17) is 10.8 Å². The van der Waals surface area contributed by atoms with Gasteiger partial charge in [0.25, 0.3) is 0 Å². The lowest BCUT2D eigenvalue weighted by Gasteiger charge is -2.07. The highest BCUT2D eigenvalue weighted by Crippen LogP contribution is 2.28. The molecular formula is C15H12F2N6O. The number of nitrogens with zero attached hydrogens (tertiary/aromatic N) is 4. The smallest absolute Gasteiger partial charge is 0.184 e. The summed E-state index contributed by atoms with van der Waals surface area (Å²) < 4.78 is 33.9. The average Bonchev–Trinajstić information content (AvgIpc) is 3.13. The number of imidazole rings is 1. The van der Waals surface area contributed by atoms with E-state index in [1.54, 1.807) is 6.92 Å². The first-order valence-corrected chi connectivity index (χ1v) is 6.91. The van der Waals surface area contributed by atoms with Crippen molar-refractivity contribution < 1.29 is 13.4 Å². The van der Waals surface area contributed by atoms with Gasteiger partial charge in [-0.1, -0.05) is 5.16 Å². The average molecular weight is 330 g/mol. The van der Waals surface area contributed by atoms with Crippen molar-refractivity contribution >= 4 is 23.0 Å². The molecule has 0 amide bonds. The third-order valence-corrected chi connectivity index (χ3v) is 3.39. The minimum atomic E-state index is -1.05. The number of benzene rings is 1. The Bertz CT molecular complexity index is 972. The molecule has 1 aromatic carbocycles. The van der Waals surface area contributed by atoms with Crippen molar-refractivity contribution in [1.82, 2.24) is 19.9 Å². The van der Waals surface area contributed by atoms with Crippen LogP contribution in [0.25, 0.3) is 22.6 Å². The standard InChI is InChI=1S/C15H12F2N6O/c1-8-13(22-24-21-8)15-20-11-5-4-10(16)12(17)14(11)23(15)7-9(19)3-2-6-18/h2-6,18-19H,7H2,1H3/b3-2-,18-6?,19-9?. The molecule has 2 aromatic heterocycles. The molecule has 3 rings (SSSR count). The van der Waals surface area contributed by atoms with Gasteiger partial charge in [0.2, 0.25) is 0 Å². The van der Waals surface area contributed by atoms with Crippen LogP contribution in [-0.4, -0.2) is 31.8 Å². The van der Waals surface area contributed by atoms with Crippen LogP contribution in [-0.2, 0) is 6.54 Å². The Morgan fingerprint density at radius 2 is 2.12 bits per heavy atom. The van der Waals surface area contributed by atoms with E-state index in [0.29, 0.717) is 5.69 Å². The monoisotopic (exact) mass is 330 g/mol. The summed E-state index contributed by atoms with van der Waals surface area (Å²) in [5, 5.41) is 22.3. The van der Waals surface area contributed by atoms with Crippen LogP contribution in [0.5, 0.6) is 0 Å². The van der Waals surface area contributed by atoms with Crippen LogP contribution >= 0.6 is 0 Å². The lowest BCUT2D eigenvalue weighted by atomic mass is 10.2. The van der Waals surface area contributed by atoms with E-state index in [2.05, 4.69) is 19.9 Å². The molecule has 9 heteroatoms. The SMILES string of the molecule is Cc1nonc1-c1nc2ccc(F)c(F)c2n1CC(=N)/C=C\C=N. The highest BCUT2D eigenvalue weighted by molar-refractivity contribution is 5.96. The fourth-order valence-corrected chi connectivity index (χ4v) is 2.31. The van der Waals surface area contributed by atoms with E-state index in [1.807, 2.05) is 0 Å². The van der Waals surface area contributed by atoms with Gasteiger partial charge in [-0.2, -0.15) is 0 Å². The molecule has 2 N–H and O–H groups in total. The minimum Gasteiger partial charge on any atom is -0.314 e. The molecule has 0 fully saturated rings. The molecular weight excluding hydrogens is 318 g/mol. The molecule has 0 spiro atoms. The van der Waals surface area contributed by atoms with E-state index in [-0.39, 0.29) is 34.8 Å². The van der Waals surface area contributed by atoms with E-state index in [1.165, 1.54) is 22.8 Å². The number of aryl methyl sites for hydroxylation is 1. The molecule has 0 bridgehead atoms. The van der Waals surface area contributed by atoms with Gasteiger partial charge in [0.1, 0.15) is 11.2 Å². The van der Waals surface area contributed by atoms with Crippen molar-refractivity contribution in [2.24, 2.45) is 0 Å². The van der Waals surface area contributed by atoms with E-state index < -0.39 is 11.6 Å². The van der Waals surface area contributed by atoms with Gasteiger partial charge in [-0.15, -0.1) is 0 Å². The zero-order chi connectivity index (χ0) is 17.3. The van der Waals surface area contributed by atoms with Gasteiger partial charge >= 0.3 is 0 Å². The number of halogens is 2. The third-order valence-electron chi connectivity index (χ3n) is 3.39. The zero-order valence-corrected chi connectivity index (χ0v) is 12.5. The fraction of sp³-hybridized carbons (Fsp3) is 0.133. The molecule has 0 aliphatic heterocycles. The summed E-state index contributed by atoms with van der Waals surface area (Å²) in [6.07, 6.45) is 3.77. The number of allylic oxidation sites excluding steroid dienone is 2. The van der Waals surface area contributed by atoms with E-state index in [9.17, 15) is 8.78 Å². The summed E-state index contributed by atoms with van der Waals surface area (Å²) >= 11 is 0. The molecule has 2 heterocycles. The van der Waals surface area contributed by atoms with E-state index in [0.717, 1.165) is 12.3 Å². The largest absolute Gasteiger partial charge is 0.314 e. The normalized spacial score (nSPS) is 11.5. The molecule has 122 valence electrons. The Morgan fingerprint density at radius 3 is 2.79 bits per heavy atom. The molecule has 3 aromatic rings. The van der Waals surface area contributed by atoms with Gasteiger partial charge in [0.15, 0.2) is 23.2 Å². The molecule has 0 saturated carbocycles. The molecule has 0 aliphatic rings. The van der Waals surface area contributed by atoms with Gasteiger partial charge in [0, 0.05) is 6.21 Å². The van der Waals surface area contributed by atoms with Gasteiger partial charge in [-0.25, -0.2) is 18.4 Å². The molecule has 0 atom stereocenters. The summed E-state index contributed by atoms with van der Waals surface area (Å²) in [5.41, 5.74) is 0.969. The van der Waals surface area contributed by atoms with Crippen LogP contribution in [0, 0.1) is 29.4 Å². The van der Waals surface area contributed by atoms with Crippen molar-refractivity contribution in [3.63, 3.8) is 0 Å². The van der Waals surface area contributed by atoms with Gasteiger partial charge in [-0.05, 0) is 36.4 Å². The van der Waals surface area contributed by atoms with Crippen LogP contribution in [0.1, 0.15) is 5.69 Å². The van der Waals surface area contributed by atoms with Crippen LogP contribution in [0.3, 0.4) is 0 Å². The molecule has 0 radical (unpaired) electrons. The summed E-state index contributed by atoms with van der Waals surface area (Å²) in [6, 6.07) is 2.35. The Hall–Kier alpha value is -3.23. The predicted molar refractivity (Wildman–Crippen MR) is 83.3 cm³/mol. The van der Waals surface area contributed by atoms with Crippen molar-refractivity contribution in [3.05, 3.63) is 41.6 Å². The summed E-state index contributed by atoms with van der Waals surface area (Å²) in [7, 11) is 0. The quantitative estimate of drug-likeness (QED) is 0.702. The number of rotatable bonds is 5. The van der Waals surface area contributed by atoms with Crippen molar-refractivity contribution in [3.8, 4) is 11.5 Å². The van der Waals surface area contributed by atoms with Crippen LogP contribution in [0.4, 0.5) is 8.78 Å². The summed E-state index contributed by atoms with van der Waals surface area (Å²) in [6.45, 7) is 1.57. The third kappa shape index (κ3) is 2.60. The maximum atomic E-state index is 14.3. The number of fused-ring (bicyclic) bond motifs is 1. The number of hydrogen-bond acceptors (Lipinski definition) is 6. The first-order valence-electron chi connectivity index (χ1n) is 6.91. The lowest BCUT2D eigenvalue weighted by Crippen LogP contribution is -2.10. The molecule has 7 nitrogen and oxygen atoms in total. The molecule has 0 saturated heterocycles. The summed E-state index contributed by atoms with van der Waals surface area (Å²) in [4.78, 5) is 4.28. The second-order valence-corrected chi connectivity index (χ2v) is 5.00. The highest BCUT2D eigenvalue weighted by atomic mass is 19.2. The van der Waals surface area contributed by atoms with Crippen molar-refractivity contribution in [2.75, 3.05) is 0 Å². The lowest BCUT2D eigenvalue weighted by molar-refractivity contribution is 0.305. The molecule has 24 heavy (non-hydrogen) atoms. The first-order chi connectivity index (χ1) is 11.5. The molecule has 0 unspecified atom stereocenters. The van der Waals surface area contributed by atoms with Crippen LogP contribution in [0.15, 0.2) is 28.9 Å². The fourth-order valence-electron chi connectivity index (χ4n) is 2.31. The number of aromatic nitrogens is 4. The summed E-state index contributed by atoms with van der Waals surface area (Å²) in [5.74, 6) is -1.84. The zero-order valence-electron chi connectivity index (χ0n) is 12.5. The van der Waals surface area contributed by atoms with Gasteiger partial charge in [-0.3, -0.25) is 0 Å². The van der Waals surface area contributed by atoms with Crippen LogP contribution < -0.4 is 0 Å². The predicted octanol–water partition coefficient (Wildman–Crippen LogP) is 2.90. The topological polar surface area (TPSA) is 104 Å². The van der Waals surface area contributed by atoms with Crippen LogP contribution in [0.2, 0.25) is 0 Å². The Balaban J connectivity index is 2.24. The maximum absolute atomic E-state index is 14.3. The van der Waals surface area contributed by atoms with Crippen molar-refractivity contribution in [1.29, 1.82) is 10.8 Å². The maximum Gasteiger partial charge on any atom is 0.184 e. The number of nitrogens with one attached hydrogen (secondary N) is 2. The Kier molecular flexibility index (Phi) is 3.98. The minimum absolute atomic E-state index is 0.0691. The molecule has 0 aliphatic carbocycles. The van der Waals surface area contributed by atoms with Crippen molar-refractivity contribution in [2.45, 2.75) is 13.5 Å². The number of hydrogen-bond donors (Lipinski definition) is 2. The van der Waals surface area contributed by atoms with Gasteiger partial charge < -0.3 is 15.4 Å². The Morgan fingerprint density at radius 1 is 1.33 bits per heavy atom. The first kappa shape index (κ1) is 15.7. The Labute approximate surface area is 134 Å². The highest BCUT2D eigenvalue weighted by Gasteiger charge is 2.22. The van der Waals surface area contributed by atoms with E-state index >= 15 is 0 Å². The van der Waals surface area contributed by atoms with Gasteiger partial charge in [0.05, 0.1) is 17.8 Å².